The Bertz CT molecular complexity index is 471. The van der Waals surface area contributed by atoms with Gasteiger partial charge in [0.25, 0.3) is 0 Å². The number of halogens is 1. The van der Waals surface area contributed by atoms with Gasteiger partial charge >= 0.3 is 6.03 Å². The van der Waals surface area contributed by atoms with Crippen molar-refractivity contribution in [2.24, 2.45) is 0 Å². The number of hydrogen-bond donors (Lipinski definition) is 1. The van der Waals surface area contributed by atoms with E-state index in [1.807, 2.05) is 13.8 Å². The quantitative estimate of drug-likeness (QED) is 0.862. The van der Waals surface area contributed by atoms with E-state index in [9.17, 15) is 4.79 Å². The SMILES string of the molecule is Cc1nccc(NC(=O)N2C[C@@H](C)O[C@@H](C)C2)c1Cl. The summed E-state index contributed by atoms with van der Waals surface area (Å²) in [6, 6.07) is 1.54. The molecule has 1 aliphatic rings. The molecular formula is C13H18ClN3O2. The number of nitrogens with zero attached hydrogens (tertiary/aromatic N) is 2. The van der Waals surface area contributed by atoms with E-state index in [0.717, 1.165) is 0 Å². The van der Waals surface area contributed by atoms with Crippen LogP contribution in [0, 0.1) is 6.92 Å². The number of amides is 2. The van der Waals surface area contributed by atoms with Gasteiger partial charge in [-0.1, -0.05) is 11.6 Å². The molecule has 1 N–H and O–H groups in total. The second-order valence-electron chi connectivity index (χ2n) is 4.85. The highest BCUT2D eigenvalue weighted by molar-refractivity contribution is 6.34. The van der Waals surface area contributed by atoms with Crippen LogP contribution in [0.3, 0.4) is 0 Å². The fourth-order valence-corrected chi connectivity index (χ4v) is 2.34. The van der Waals surface area contributed by atoms with Crippen molar-refractivity contribution >= 4 is 23.3 Å². The molecule has 0 spiro atoms. The Morgan fingerprint density at radius 3 is 2.74 bits per heavy atom. The Kier molecular flexibility index (Phi) is 4.27. The van der Waals surface area contributed by atoms with Crippen LogP contribution in [-0.2, 0) is 4.74 Å². The number of rotatable bonds is 1. The molecule has 0 saturated carbocycles. The highest BCUT2D eigenvalue weighted by Crippen LogP contribution is 2.24. The molecule has 0 aromatic carbocycles. The number of urea groups is 1. The first-order valence-electron chi connectivity index (χ1n) is 6.30. The molecule has 6 heteroatoms. The van der Waals surface area contributed by atoms with Crippen LogP contribution in [0.2, 0.25) is 5.02 Å². The molecule has 1 fully saturated rings. The number of pyridine rings is 1. The van der Waals surface area contributed by atoms with Crippen LogP contribution in [0.1, 0.15) is 19.5 Å². The average Bonchev–Trinajstić information content (AvgIpc) is 2.33. The van der Waals surface area contributed by atoms with Crippen molar-refractivity contribution < 1.29 is 9.53 Å². The number of carbonyl (C=O) groups excluding carboxylic acids is 1. The summed E-state index contributed by atoms with van der Waals surface area (Å²) in [4.78, 5) is 18.0. The molecule has 2 rings (SSSR count). The van der Waals surface area contributed by atoms with E-state index in [1.165, 1.54) is 0 Å². The monoisotopic (exact) mass is 283 g/mol. The van der Waals surface area contributed by atoms with Crippen molar-refractivity contribution in [1.29, 1.82) is 0 Å². The first kappa shape index (κ1) is 14.1. The maximum Gasteiger partial charge on any atom is 0.322 e. The topological polar surface area (TPSA) is 54.5 Å². The van der Waals surface area contributed by atoms with Gasteiger partial charge in [-0.3, -0.25) is 4.98 Å². The fraction of sp³-hybridized carbons (Fsp3) is 0.538. The van der Waals surface area contributed by atoms with E-state index >= 15 is 0 Å². The van der Waals surface area contributed by atoms with Gasteiger partial charge in [0.1, 0.15) is 0 Å². The van der Waals surface area contributed by atoms with Crippen molar-refractivity contribution in [2.75, 3.05) is 18.4 Å². The molecule has 19 heavy (non-hydrogen) atoms. The Hall–Kier alpha value is -1.33. The van der Waals surface area contributed by atoms with Crippen LogP contribution < -0.4 is 5.32 Å². The lowest BCUT2D eigenvalue weighted by molar-refractivity contribution is -0.0530. The fourth-order valence-electron chi connectivity index (χ4n) is 2.18. The minimum atomic E-state index is -0.158. The van der Waals surface area contributed by atoms with Crippen LogP contribution >= 0.6 is 11.6 Å². The predicted molar refractivity (Wildman–Crippen MR) is 74.6 cm³/mol. The third-order valence-electron chi connectivity index (χ3n) is 3.01. The van der Waals surface area contributed by atoms with Crippen LogP contribution in [0.15, 0.2) is 12.3 Å². The van der Waals surface area contributed by atoms with Gasteiger partial charge in [-0.15, -0.1) is 0 Å². The predicted octanol–water partition coefficient (Wildman–Crippen LogP) is 2.68. The number of carbonyl (C=O) groups is 1. The smallest absolute Gasteiger partial charge is 0.322 e. The Morgan fingerprint density at radius 2 is 2.11 bits per heavy atom. The highest BCUT2D eigenvalue weighted by Gasteiger charge is 2.26. The number of nitrogens with one attached hydrogen (secondary N) is 1. The van der Waals surface area contributed by atoms with Gasteiger partial charge in [0.05, 0.1) is 28.6 Å². The number of morpholine rings is 1. The lowest BCUT2D eigenvalue weighted by Crippen LogP contribution is -2.49. The van der Waals surface area contributed by atoms with Crippen LogP contribution in [0.4, 0.5) is 10.5 Å². The molecule has 2 atom stereocenters. The second-order valence-corrected chi connectivity index (χ2v) is 5.23. The lowest BCUT2D eigenvalue weighted by atomic mass is 10.2. The largest absolute Gasteiger partial charge is 0.372 e. The zero-order valence-electron chi connectivity index (χ0n) is 11.3. The van der Waals surface area contributed by atoms with Gasteiger partial charge in [0, 0.05) is 19.3 Å². The standard InChI is InChI=1S/C13H18ClN3O2/c1-8-6-17(7-9(2)19-8)13(18)16-11-4-5-15-10(3)12(11)14/h4-5,8-9H,6-7H2,1-3H3,(H,15,16,18)/t8-,9+. The molecule has 2 heterocycles. The summed E-state index contributed by atoms with van der Waals surface area (Å²) in [5, 5.41) is 3.30. The molecule has 0 unspecified atom stereocenters. The van der Waals surface area contributed by atoms with E-state index in [4.69, 9.17) is 16.3 Å². The molecule has 0 radical (unpaired) electrons. The molecule has 1 aromatic heterocycles. The molecule has 0 bridgehead atoms. The summed E-state index contributed by atoms with van der Waals surface area (Å²) in [6.45, 7) is 6.88. The number of ether oxygens (including phenoxy) is 1. The van der Waals surface area contributed by atoms with Gasteiger partial charge in [-0.05, 0) is 26.8 Å². The van der Waals surface area contributed by atoms with E-state index in [1.54, 1.807) is 24.1 Å². The summed E-state index contributed by atoms with van der Waals surface area (Å²) in [5.74, 6) is 0. The van der Waals surface area contributed by atoms with Crippen molar-refractivity contribution in [1.82, 2.24) is 9.88 Å². The minimum Gasteiger partial charge on any atom is -0.372 e. The average molecular weight is 284 g/mol. The van der Waals surface area contributed by atoms with Gasteiger partial charge in [-0.2, -0.15) is 0 Å². The zero-order chi connectivity index (χ0) is 14.0. The molecule has 5 nitrogen and oxygen atoms in total. The molecule has 1 aromatic rings. The van der Waals surface area contributed by atoms with Gasteiger partial charge in [0.2, 0.25) is 0 Å². The third-order valence-corrected chi connectivity index (χ3v) is 3.49. The van der Waals surface area contributed by atoms with Gasteiger partial charge in [0.15, 0.2) is 0 Å². The molecule has 0 aliphatic carbocycles. The number of aryl methyl sites for hydroxylation is 1. The summed E-state index contributed by atoms with van der Waals surface area (Å²) in [5.41, 5.74) is 1.29. The summed E-state index contributed by atoms with van der Waals surface area (Å²) in [7, 11) is 0. The van der Waals surface area contributed by atoms with E-state index in [-0.39, 0.29) is 18.2 Å². The molecule has 1 saturated heterocycles. The Balaban J connectivity index is 2.06. The van der Waals surface area contributed by atoms with Crippen LogP contribution in [-0.4, -0.2) is 41.2 Å². The highest BCUT2D eigenvalue weighted by atomic mass is 35.5. The zero-order valence-corrected chi connectivity index (χ0v) is 12.1. The number of anilines is 1. The van der Waals surface area contributed by atoms with E-state index in [0.29, 0.717) is 29.5 Å². The normalized spacial score (nSPS) is 23.3. The minimum absolute atomic E-state index is 0.0455. The van der Waals surface area contributed by atoms with Crippen LogP contribution in [0.25, 0.3) is 0 Å². The Morgan fingerprint density at radius 1 is 1.47 bits per heavy atom. The Labute approximate surface area is 117 Å². The van der Waals surface area contributed by atoms with E-state index < -0.39 is 0 Å². The summed E-state index contributed by atoms with van der Waals surface area (Å²) >= 11 is 6.11. The van der Waals surface area contributed by atoms with Crippen molar-refractivity contribution in [3.63, 3.8) is 0 Å². The summed E-state index contributed by atoms with van der Waals surface area (Å²) < 4.78 is 5.60. The maximum absolute atomic E-state index is 12.2. The van der Waals surface area contributed by atoms with Gasteiger partial charge in [-0.25, -0.2) is 4.79 Å². The van der Waals surface area contributed by atoms with E-state index in [2.05, 4.69) is 10.3 Å². The molecule has 2 amide bonds. The van der Waals surface area contributed by atoms with Crippen molar-refractivity contribution in [2.45, 2.75) is 33.0 Å². The lowest BCUT2D eigenvalue weighted by Gasteiger charge is -2.35. The molecular weight excluding hydrogens is 266 g/mol. The third kappa shape index (κ3) is 3.36. The van der Waals surface area contributed by atoms with Crippen LogP contribution in [0.5, 0.6) is 0 Å². The van der Waals surface area contributed by atoms with Crippen molar-refractivity contribution in [3.05, 3.63) is 23.0 Å². The first-order valence-corrected chi connectivity index (χ1v) is 6.67. The van der Waals surface area contributed by atoms with Crippen molar-refractivity contribution in [3.8, 4) is 0 Å². The second kappa shape index (κ2) is 5.75. The summed E-state index contributed by atoms with van der Waals surface area (Å²) in [6.07, 6.45) is 1.72. The number of aromatic nitrogens is 1. The van der Waals surface area contributed by atoms with Gasteiger partial charge < -0.3 is 15.0 Å². The molecule has 1 aliphatic heterocycles. The molecule has 104 valence electrons. The first-order chi connectivity index (χ1) is 8.97. The maximum atomic E-state index is 12.2. The number of hydrogen-bond acceptors (Lipinski definition) is 3.